The molecule has 0 heterocycles. The Morgan fingerprint density at radius 2 is 2.11 bits per heavy atom. The molecule has 0 saturated carbocycles. The summed E-state index contributed by atoms with van der Waals surface area (Å²) in [4.78, 5) is 0. The molecule has 0 aliphatic rings. The summed E-state index contributed by atoms with van der Waals surface area (Å²) in [6, 6.07) is 5.63. The second-order valence-electron chi connectivity index (χ2n) is 1.45. The van der Waals surface area contributed by atoms with E-state index in [9.17, 15) is 4.39 Å². The van der Waals surface area contributed by atoms with Crippen LogP contribution in [0.5, 0.6) is 0 Å². The number of halogens is 3. The van der Waals surface area contributed by atoms with Gasteiger partial charge in [0.15, 0.2) is 0 Å². The van der Waals surface area contributed by atoms with Gasteiger partial charge < -0.3 is 0 Å². The molecule has 0 atom stereocenters. The van der Waals surface area contributed by atoms with E-state index in [0.29, 0.717) is 8.95 Å². The van der Waals surface area contributed by atoms with Crippen LogP contribution < -0.4 is 0 Å². The summed E-state index contributed by atoms with van der Waals surface area (Å²) in [5.74, 6) is -0.371. The molecule has 0 aliphatic carbocycles. The molecule has 0 saturated heterocycles. The Balaban J connectivity index is 3.25. The van der Waals surface area contributed by atoms with Crippen LogP contribution in [-0.2, 0) is 0 Å². The van der Waals surface area contributed by atoms with E-state index in [4.69, 9.17) is 0 Å². The van der Waals surface area contributed by atoms with Crippen molar-refractivity contribution in [3.63, 3.8) is 0 Å². The van der Waals surface area contributed by atoms with Gasteiger partial charge in [-0.15, -0.1) is 0 Å². The van der Waals surface area contributed by atoms with E-state index in [0.717, 1.165) is 0 Å². The fraction of sp³-hybridized carbons (Fsp3) is 0. The highest BCUT2D eigenvalue weighted by Gasteiger charge is 2.00. The standard InChI is InChI=1S/C6H2Br2F/c7-4-2-1-3-5(9)6(4)8/h1-2H. The molecular weight excluding hydrogens is 251 g/mol. The third kappa shape index (κ3) is 1.52. The van der Waals surface area contributed by atoms with Gasteiger partial charge in [0.1, 0.15) is 5.82 Å². The van der Waals surface area contributed by atoms with Crippen LogP contribution >= 0.6 is 31.9 Å². The van der Waals surface area contributed by atoms with Gasteiger partial charge in [0.05, 0.1) is 4.47 Å². The van der Waals surface area contributed by atoms with Gasteiger partial charge >= 0.3 is 0 Å². The third-order valence-corrected chi connectivity index (χ3v) is 2.81. The number of hydrogen-bond donors (Lipinski definition) is 0. The summed E-state index contributed by atoms with van der Waals surface area (Å²) in [6.07, 6.45) is 0. The molecule has 1 radical (unpaired) electrons. The molecule has 0 spiro atoms. The quantitative estimate of drug-likeness (QED) is 0.623. The maximum absolute atomic E-state index is 12.4. The van der Waals surface area contributed by atoms with Crippen molar-refractivity contribution in [2.45, 2.75) is 0 Å². The minimum absolute atomic E-state index is 0.371. The van der Waals surface area contributed by atoms with Crippen molar-refractivity contribution in [3.05, 3.63) is 33.0 Å². The second kappa shape index (κ2) is 2.80. The SMILES string of the molecule is Fc1[c]ccc(Br)c1Br. The fourth-order valence-electron chi connectivity index (χ4n) is 0.429. The van der Waals surface area contributed by atoms with Crippen molar-refractivity contribution in [2.24, 2.45) is 0 Å². The summed E-state index contributed by atoms with van der Waals surface area (Å²) in [5.41, 5.74) is 0. The second-order valence-corrected chi connectivity index (χ2v) is 3.10. The Bertz CT molecular complexity index is 202. The molecule has 1 aromatic carbocycles. The molecule has 1 aromatic rings. The van der Waals surface area contributed by atoms with Gasteiger partial charge in [0.25, 0.3) is 0 Å². The normalized spacial score (nSPS) is 9.67. The number of hydrogen-bond acceptors (Lipinski definition) is 0. The monoisotopic (exact) mass is 251 g/mol. The van der Waals surface area contributed by atoms with Crippen LogP contribution in [0, 0.1) is 11.9 Å². The minimum Gasteiger partial charge on any atom is -0.205 e. The van der Waals surface area contributed by atoms with Gasteiger partial charge in [-0.2, -0.15) is 0 Å². The lowest BCUT2D eigenvalue weighted by atomic mass is 10.4. The predicted octanol–water partition coefficient (Wildman–Crippen LogP) is 3.15. The van der Waals surface area contributed by atoms with E-state index in [1.807, 2.05) is 0 Å². The van der Waals surface area contributed by atoms with Crippen molar-refractivity contribution in [2.75, 3.05) is 0 Å². The zero-order valence-corrected chi connectivity index (χ0v) is 7.46. The van der Waals surface area contributed by atoms with E-state index in [2.05, 4.69) is 37.9 Å². The Morgan fingerprint density at radius 1 is 1.44 bits per heavy atom. The van der Waals surface area contributed by atoms with Gasteiger partial charge in [-0.05, 0) is 37.9 Å². The largest absolute Gasteiger partial charge is 0.205 e. The lowest BCUT2D eigenvalue weighted by molar-refractivity contribution is 0.618. The third-order valence-electron chi connectivity index (χ3n) is 0.842. The molecule has 3 heteroatoms. The van der Waals surface area contributed by atoms with Gasteiger partial charge in [0.2, 0.25) is 0 Å². The van der Waals surface area contributed by atoms with Crippen molar-refractivity contribution < 1.29 is 4.39 Å². The van der Waals surface area contributed by atoms with Crippen molar-refractivity contribution in [1.82, 2.24) is 0 Å². The van der Waals surface area contributed by atoms with Gasteiger partial charge in [-0.1, -0.05) is 6.07 Å². The maximum Gasteiger partial charge on any atom is 0.146 e. The molecule has 47 valence electrons. The minimum atomic E-state index is -0.371. The number of benzene rings is 1. The van der Waals surface area contributed by atoms with Crippen LogP contribution in [0.15, 0.2) is 21.1 Å². The highest BCUT2D eigenvalue weighted by Crippen LogP contribution is 2.24. The Hall–Kier alpha value is 0.110. The summed E-state index contributed by atoms with van der Waals surface area (Å²) < 4.78 is 13.6. The highest BCUT2D eigenvalue weighted by atomic mass is 79.9. The molecule has 0 fully saturated rings. The van der Waals surface area contributed by atoms with E-state index in [-0.39, 0.29) is 5.82 Å². The molecule has 0 aliphatic heterocycles. The first kappa shape index (κ1) is 7.22. The zero-order chi connectivity index (χ0) is 6.85. The summed E-state index contributed by atoms with van der Waals surface area (Å²) in [7, 11) is 0. The molecule has 9 heavy (non-hydrogen) atoms. The smallest absolute Gasteiger partial charge is 0.146 e. The van der Waals surface area contributed by atoms with Gasteiger partial charge in [0, 0.05) is 10.5 Å². The van der Waals surface area contributed by atoms with Crippen molar-refractivity contribution in [3.8, 4) is 0 Å². The Kier molecular flexibility index (Phi) is 2.24. The van der Waals surface area contributed by atoms with Gasteiger partial charge in [-0.3, -0.25) is 0 Å². The highest BCUT2D eigenvalue weighted by molar-refractivity contribution is 9.13. The molecule has 0 aromatic heterocycles. The molecule has 0 bridgehead atoms. The van der Waals surface area contributed by atoms with Crippen molar-refractivity contribution >= 4 is 31.9 Å². The molecular formula is C6H2Br2F. The number of rotatable bonds is 0. The Morgan fingerprint density at radius 3 is 2.56 bits per heavy atom. The maximum atomic E-state index is 12.4. The molecule has 0 N–H and O–H groups in total. The lowest BCUT2D eigenvalue weighted by Gasteiger charge is -1.93. The van der Waals surface area contributed by atoms with Crippen LogP contribution in [0.4, 0.5) is 4.39 Å². The fourth-order valence-corrected chi connectivity index (χ4v) is 0.982. The first-order valence-corrected chi connectivity index (χ1v) is 3.81. The molecule has 0 nitrogen and oxygen atoms in total. The average molecular weight is 253 g/mol. The van der Waals surface area contributed by atoms with Gasteiger partial charge in [-0.25, -0.2) is 4.39 Å². The van der Waals surface area contributed by atoms with E-state index in [1.54, 1.807) is 6.07 Å². The molecule has 0 unspecified atom stereocenters. The predicted molar refractivity (Wildman–Crippen MR) is 40.6 cm³/mol. The summed E-state index contributed by atoms with van der Waals surface area (Å²) in [5, 5.41) is 0. The first-order valence-electron chi connectivity index (χ1n) is 2.23. The van der Waals surface area contributed by atoms with Crippen LogP contribution in [-0.4, -0.2) is 0 Å². The molecule has 0 amide bonds. The topological polar surface area (TPSA) is 0 Å². The summed E-state index contributed by atoms with van der Waals surface area (Å²) >= 11 is 6.17. The van der Waals surface area contributed by atoms with E-state index < -0.39 is 0 Å². The average Bonchev–Trinajstić information content (AvgIpc) is 1.83. The van der Waals surface area contributed by atoms with Crippen LogP contribution in [0.1, 0.15) is 0 Å². The molecule has 1 rings (SSSR count). The summed E-state index contributed by atoms with van der Waals surface area (Å²) in [6.45, 7) is 0. The van der Waals surface area contributed by atoms with Crippen LogP contribution in [0.25, 0.3) is 0 Å². The first-order chi connectivity index (χ1) is 4.22. The van der Waals surface area contributed by atoms with E-state index >= 15 is 0 Å². The van der Waals surface area contributed by atoms with E-state index in [1.165, 1.54) is 6.07 Å². The zero-order valence-electron chi connectivity index (χ0n) is 4.29. The van der Waals surface area contributed by atoms with Crippen molar-refractivity contribution in [1.29, 1.82) is 0 Å². The Labute approximate surface area is 69.3 Å². The lowest BCUT2D eigenvalue weighted by Crippen LogP contribution is -1.76. The van der Waals surface area contributed by atoms with Crippen LogP contribution in [0.2, 0.25) is 0 Å². The van der Waals surface area contributed by atoms with Crippen LogP contribution in [0.3, 0.4) is 0 Å².